The molecule has 5 aromatic heterocycles. The zero-order chi connectivity index (χ0) is 25.3. The monoisotopic (exact) mass is 509 g/mol. The summed E-state index contributed by atoms with van der Waals surface area (Å²) in [5.41, 5.74) is 3.48. The molecule has 0 unspecified atom stereocenters. The molecule has 37 heavy (non-hydrogen) atoms. The lowest BCUT2D eigenvalue weighted by molar-refractivity contribution is 0.703. The normalized spacial score (nSPS) is 10.7. The molecule has 0 aromatic carbocycles. The van der Waals surface area contributed by atoms with Crippen molar-refractivity contribution in [2.75, 3.05) is 9.80 Å². The highest BCUT2D eigenvalue weighted by atomic mass is 35.5. The van der Waals surface area contributed by atoms with E-state index in [4.69, 9.17) is 16.6 Å². The minimum Gasteiger partial charge on any atom is -0.329 e. The van der Waals surface area contributed by atoms with Crippen molar-refractivity contribution in [1.82, 2.24) is 34.9 Å². The van der Waals surface area contributed by atoms with Gasteiger partial charge in [0.15, 0.2) is 0 Å². The van der Waals surface area contributed by atoms with Crippen molar-refractivity contribution in [3.05, 3.63) is 126 Å². The SMILES string of the molecule is Clc1nc(N(Cc2ccccn2)Cc2ccccn2)nc(N(Cc2ccccn2)Cc2ccccn2)n1. The zero-order valence-corrected chi connectivity index (χ0v) is 20.7. The Morgan fingerprint density at radius 2 is 0.784 bits per heavy atom. The molecule has 5 heterocycles. The molecule has 5 rings (SSSR count). The molecule has 0 amide bonds. The Balaban J connectivity index is 1.51. The van der Waals surface area contributed by atoms with Gasteiger partial charge >= 0.3 is 0 Å². The third-order valence-electron chi connectivity index (χ3n) is 5.47. The Kier molecular flexibility index (Phi) is 7.82. The van der Waals surface area contributed by atoms with Gasteiger partial charge in [-0.1, -0.05) is 24.3 Å². The molecule has 5 aromatic rings. The lowest BCUT2D eigenvalue weighted by Crippen LogP contribution is -2.29. The highest BCUT2D eigenvalue weighted by Gasteiger charge is 2.20. The second-order valence-electron chi connectivity index (χ2n) is 8.20. The van der Waals surface area contributed by atoms with Crippen LogP contribution in [0.1, 0.15) is 22.8 Å². The maximum atomic E-state index is 6.47. The van der Waals surface area contributed by atoms with Gasteiger partial charge in [0.25, 0.3) is 0 Å². The molecule has 0 N–H and O–H groups in total. The summed E-state index contributed by atoms with van der Waals surface area (Å²) < 4.78 is 0. The summed E-state index contributed by atoms with van der Waals surface area (Å²) in [6.45, 7) is 1.88. The van der Waals surface area contributed by atoms with Crippen molar-refractivity contribution >= 4 is 23.5 Å². The van der Waals surface area contributed by atoms with Gasteiger partial charge in [0.1, 0.15) is 0 Å². The molecule has 184 valence electrons. The van der Waals surface area contributed by atoms with E-state index in [1.165, 1.54) is 0 Å². The average Bonchev–Trinajstić information content (AvgIpc) is 2.94. The van der Waals surface area contributed by atoms with E-state index in [1.54, 1.807) is 24.8 Å². The van der Waals surface area contributed by atoms with E-state index in [0.717, 1.165) is 22.8 Å². The Bertz CT molecular complexity index is 1200. The Morgan fingerprint density at radius 3 is 1.05 bits per heavy atom. The van der Waals surface area contributed by atoms with Crippen LogP contribution in [-0.2, 0) is 26.2 Å². The highest BCUT2D eigenvalue weighted by molar-refractivity contribution is 6.28. The summed E-state index contributed by atoms with van der Waals surface area (Å²) in [4.78, 5) is 35.7. The Morgan fingerprint density at radius 1 is 0.459 bits per heavy atom. The highest BCUT2D eigenvalue weighted by Crippen LogP contribution is 2.22. The fourth-order valence-corrected chi connectivity index (χ4v) is 3.91. The van der Waals surface area contributed by atoms with Crippen LogP contribution in [0.4, 0.5) is 11.9 Å². The van der Waals surface area contributed by atoms with Crippen LogP contribution in [0.2, 0.25) is 5.28 Å². The molecule has 0 saturated carbocycles. The number of aromatic nitrogens is 7. The first-order valence-electron chi connectivity index (χ1n) is 11.7. The second kappa shape index (κ2) is 12.0. The standard InChI is InChI=1S/C27H24ClN9/c28-25-33-26(36(17-21-9-1-5-13-29-21)18-22-10-2-6-14-30-22)35-27(34-25)37(19-23-11-3-7-15-31-23)20-24-12-4-8-16-32-24/h1-16H,17-20H2. The van der Waals surface area contributed by atoms with Gasteiger partial charge < -0.3 is 9.80 Å². The maximum Gasteiger partial charge on any atom is 0.232 e. The number of hydrogen-bond acceptors (Lipinski definition) is 9. The largest absolute Gasteiger partial charge is 0.329 e. The summed E-state index contributed by atoms with van der Waals surface area (Å²) in [6.07, 6.45) is 7.06. The molecular formula is C27H24ClN9. The van der Waals surface area contributed by atoms with Crippen molar-refractivity contribution in [3.8, 4) is 0 Å². The number of halogens is 1. The summed E-state index contributed by atoms with van der Waals surface area (Å²) >= 11 is 6.47. The van der Waals surface area contributed by atoms with E-state index in [2.05, 4.69) is 29.9 Å². The quantitative estimate of drug-likeness (QED) is 0.269. The van der Waals surface area contributed by atoms with Gasteiger partial charge in [-0.05, 0) is 60.1 Å². The predicted molar refractivity (Wildman–Crippen MR) is 142 cm³/mol. The second-order valence-corrected chi connectivity index (χ2v) is 8.54. The van der Waals surface area contributed by atoms with Crippen LogP contribution in [0.3, 0.4) is 0 Å². The van der Waals surface area contributed by atoms with Gasteiger partial charge in [0, 0.05) is 24.8 Å². The van der Waals surface area contributed by atoms with E-state index in [0.29, 0.717) is 38.1 Å². The van der Waals surface area contributed by atoms with Gasteiger partial charge in [-0.25, -0.2) is 0 Å². The van der Waals surface area contributed by atoms with Gasteiger partial charge in [-0.15, -0.1) is 0 Å². The molecule has 0 fully saturated rings. The molecule has 0 spiro atoms. The van der Waals surface area contributed by atoms with Crippen LogP contribution >= 0.6 is 11.6 Å². The molecular weight excluding hydrogens is 486 g/mol. The molecule has 0 saturated heterocycles. The Hall–Kier alpha value is -4.50. The van der Waals surface area contributed by atoms with Crippen molar-refractivity contribution in [1.29, 1.82) is 0 Å². The van der Waals surface area contributed by atoms with E-state index < -0.39 is 0 Å². The first-order chi connectivity index (χ1) is 18.2. The fraction of sp³-hybridized carbons (Fsp3) is 0.148. The minimum absolute atomic E-state index is 0.0964. The van der Waals surface area contributed by atoms with Crippen molar-refractivity contribution in [2.45, 2.75) is 26.2 Å². The molecule has 0 aliphatic rings. The molecule has 10 heteroatoms. The number of pyridine rings is 4. The van der Waals surface area contributed by atoms with E-state index in [-0.39, 0.29) is 5.28 Å². The average molecular weight is 510 g/mol. The fourth-order valence-electron chi connectivity index (χ4n) is 3.76. The first-order valence-corrected chi connectivity index (χ1v) is 12.1. The summed E-state index contributed by atoms with van der Waals surface area (Å²) in [5.74, 6) is 0.858. The van der Waals surface area contributed by atoms with Crippen molar-refractivity contribution < 1.29 is 0 Å². The van der Waals surface area contributed by atoms with Gasteiger partial charge in [0.05, 0.1) is 49.0 Å². The van der Waals surface area contributed by atoms with Crippen LogP contribution in [0.5, 0.6) is 0 Å². The number of nitrogens with zero attached hydrogens (tertiary/aromatic N) is 9. The van der Waals surface area contributed by atoms with E-state index in [9.17, 15) is 0 Å². The Labute approximate surface area is 219 Å². The smallest absolute Gasteiger partial charge is 0.232 e. The molecule has 9 nitrogen and oxygen atoms in total. The first kappa shape index (κ1) is 24.2. The molecule has 0 radical (unpaired) electrons. The summed E-state index contributed by atoms with van der Waals surface area (Å²) in [7, 11) is 0. The summed E-state index contributed by atoms with van der Waals surface area (Å²) in [6, 6.07) is 23.2. The molecule has 0 aliphatic heterocycles. The maximum absolute atomic E-state index is 6.47. The van der Waals surface area contributed by atoms with Crippen LogP contribution in [0.15, 0.2) is 97.6 Å². The number of hydrogen-bond donors (Lipinski definition) is 0. The minimum atomic E-state index is 0.0964. The number of anilines is 2. The van der Waals surface area contributed by atoms with Gasteiger partial charge in [0.2, 0.25) is 17.2 Å². The van der Waals surface area contributed by atoms with Crippen LogP contribution in [0.25, 0.3) is 0 Å². The predicted octanol–water partition coefficient (Wildman–Crippen LogP) is 4.52. The molecule has 0 aliphatic carbocycles. The van der Waals surface area contributed by atoms with Crippen molar-refractivity contribution in [3.63, 3.8) is 0 Å². The third kappa shape index (κ3) is 6.80. The molecule has 0 bridgehead atoms. The number of rotatable bonds is 10. The van der Waals surface area contributed by atoms with Gasteiger partial charge in [-0.3, -0.25) is 19.9 Å². The summed E-state index contributed by atoms with van der Waals surface area (Å²) in [5, 5.41) is 0.0964. The van der Waals surface area contributed by atoms with Crippen molar-refractivity contribution in [2.24, 2.45) is 0 Å². The third-order valence-corrected chi connectivity index (χ3v) is 5.64. The zero-order valence-electron chi connectivity index (χ0n) is 20.0. The van der Waals surface area contributed by atoms with Crippen LogP contribution in [0, 0.1) is 0 Å². The van der Waals surface area contributed by atoms with Crippen LogP contribution in [-0.4, -0.2) is 34.9 Å². The van der Waals surface area contributed by atoms with E-state index >= 15 is 0 Å². The molecule has 0 atom stereocenters. The lowest BCUT2D eigenvalue weighted by atomic mass is 10.3. The topological polar surface area (TPSA) is 96.7 Å². The van der Waals surface area contributed by atoms with Crippen LogP contribution < -0.4 is 9.80 Å². The van der Waals surface area contributed by atoms with Gasteiger partial charge in [-0.2, -0.15) is 15.0 Å². The lowest BCUT2D eigenvalue weighted by Gasteiger charge is -2.25. The van der Waals surface area contributed by atoms with E-state index in [1.807, 2.05) is 82.6 Å².